The monoisotopic (exact) mass is 219 g/mol. The summed E-state index contributed by atoms with van der Waals surface area (Å²) in [6.07, 6.45) is -2.01. The van der Waals surface area contributed by atoms with Gasteiger partial charge in [0.15, 0.2) is 11.6 Å². The third kappa shape index (κ3) is 3.34. The molecule has 0 unspecified atom stereocenters. The van der Waals surface area contributed by atoms with Gasteiger partial charge in [-0.25, -0.2) is 13.2 Å². The summed E-state index contributed by atoms with van der Waals surface area (Å²) in [7, 11) is 0. The van der Waals surface area contributed by atoms with Crippen molar-refractivity contribution >= 4 is 5.78 Å². The average molecular weight is 219 g/mol. The molecule has 15 heavy (non-hydrogen) atoms. The molecule has 1 heterocycles. The molecule has 1 aromatic heterocycles. The third-order valence-electron chi connectivity index (χ3n) is 1.50. The number of Topliss-reactive ketones (excluding diaryl/α,β-unsaturated/α-hetero) is 1. The minimum absolute atomic E-state index is 0.356. The molecular weight excluding hydrogens is 207 g/mol. The highest BCUT2D eigenvalue weighted by molar-refractivity contribution is 5.94. The molecule has 0 radical (unpaired) electrons. The van der Waals surface area contributed by atoms with E-state index in [1.54, 1.807) is 0 Å². The lowest BCUT2D eigenvalue weighted by Gasteiger charge is -2.02. The molecule has 0 aromatic carbocycles. The molecule has 0 spiro atoms. The number of rotatable bonds is 2. The Kier molecular flexibility index (Phi) is 5.59. The van der Waals surface area contributed by atoms with Gasteiger partial charge in [0.1, 0.15) is 5.69 Å². The van der Waals surface area contributed by atoms with E-state index in [1.165, 1.54) is 0 Å². The van der Waals surface area contributed by atoms with Gasteiger partial charge in [-0.15, -0.1) is 0 Å². The fraction of sp³-hybridized carbons (Fsp3) is 0.400. The van der Waals surface area contributed by atoms with Gasteiger partial charge in [-0.3, -0.25) is 9.78 Å². The Bertz CT molecular complexity index is 339. The zero-order valence-electron chi connectivity index (χ0n) is 8.72. The van der Waals surface area contributed by atoms with Crippen LogP contribution in [0, 0.1) is 5.82 Å². The summed E-state index contributed by atoms with van der Waals surface area (Å²) < 4.78 is 37.1. The van der Waals surface area contributed by atoms with Crippen LogP contribution in [0.4, 0.5) is 13.2 Å². The molecule has 0 aliphatic carbocycles. The number of hydrogen-bond acceptors (Lipinski definition) is 2. The average Bonchev–Trinajstić information content (AvgIpc) is 2.20. The topological polar surface area (TPSA) is 30.0 Å². The highest BCUT2D eigenvalue weighted by Crippen LogP contribution is 2.21. The van der Waals surface area contributed by atoms with E-state index in [0.29, 0.717) is 0 Å². The first-order chi connectivity index (χ1) is 7.04. The lowest BCUT2D eigenvalue weighted by molar-refractivity contribution is 0.101. The molecule has 0 bridgehead atoms. The van der Waals surface area contributed by atoms with Crippen molar-refractivity contribution in [2.75, 3.05) is 0 Å². The Morgan fingerprint density at radius 3 is 2.33 bits per heavy atom. The lowest BCUT2D eigenvalue weighted by atomic mass is 10.1. The minimum atomic E-state index is -3.00. The second-order valence-electron chi connectivity index (χ2n) is 2.41. The maximum atomic E-state index is 13.0. The molecule has 1 aromatic rings. The van der Waals surface area contributed by atoms with E-state index in [2.05, 4.69) is 4.98 Å². The minimum Gasteiger partial charge on any atom is -0.294 e. The van der Waals surface area contributed by atoms with E-state index in [4.69, 9.17) is 0 Å². The predicted octanol–water partition coefficient (Wildman–Crippen LogP) is 3.39. The van der Waals surface area contributed by atoms with Crippen molar-refractivity contribution in [2.45, 2.75) is 27.2 Å². The van der Waals surface area contributed by atoms with Crippen LogP contribution in [0.2, 0.25) is 0 Å². The number of carbonyl (C=O) groups excluding carboxylic acids is 1. The number of pyridine rings is 1. The first kappa shape index (κ1) is 13.6. The molecule has 0 aliphatic heterocycles. The Balaban J connectivity index is 0.000000921. The van der Waals surface area contributed by atoms with Crippen molar-refractivity contribution in [2.24, 2.45) is 0 Å². The number of halogens is 3. The van der Waals surface area contributed by atoms with E-state index in [1.807, 2.05) is 13.8 Å². The predicted molar refractivity (Wildman–Crippen MR) is 50.5 cm³/mol. The van der Waals surface area contributed by atoms with Crippen LogP contribution in [-0.2, 0) is 0 Å². The van der Waals surface area contributed by atoms with Crippen molar-refractivity contribution in [3.05, 3.63) is 29.3 Å². The van der Waals surface area contributed by atoms with Crippen molar-refractivity contribution in [1.82, 2.24) is 4.98 Å². The lowest BCUT2D eigenvalue weighted by Crippen LogP contribution is -2.03. The second kappa shape index (κ2) is 6.16. The first-order valence-electron chi connectivity index (χ1n) is 4.47. The Labute approximate surface area is 86.1 Å². The molecule has 0 saturated carbocycles. The van der Waals surface area contributed by atoms with Crippen LogP contribution in [0.25, 0.3) is 0 Å². The number of aromatic nitrogens is 1. The van der Waals surface area contributed by atoms with E-state index in [-0.39, 0.29) is 5.56 Å². The maximum Gasteiger partial charge on any atom is 0.283 e. The SMILES string of the molecule is CC.CC(=O)c1ccnc(C(F)F)c1F. The van der Waals surface area contributed by atoms with Gasteiger partial charge in [-0.1, -0.05) is 13.8 Å². The standard InChI is InChI=1S/C8H6F3NO.C2H6/c1-4(13)5-2-3-12-7(6(5)9)8(10)11;1-2/h2-3,8H,1H3;1-2H3. The van der Waals surface area contributed by atoms with Crippen LogP contribution in [0.5, 0.6) is 0 Å². The van der Waals surface area contributed by atoms with Gasteiger partial charge in [0.05, 0.1) is 5.56 Å². The molecule has 0 atom stereocenters. The van der Waals surface area contributed by atoms with Crippen molar-refractivity contribution in [3.8, 4) is 0 Å². The number of nitrogens with zero attached hydrogens (tertiary/aromatic N) is 1. The fourth-order valence-electron chi connectivity index (χ4n) is 0.884. The summed E-state index contributed by atoms with van der Waals surface area (Å²) in [5.74, 6) is -1.83. The summed E-state index contributed by atoms with van der Waals surface area (Å²) in [6, 6.07) is 1.07. The van der Waals surface area contributed by atoms with Crippen LogP contribution in [0.15, 0.2) is 12.3 Å². The first-order valence-corrected chi connectivity index (χ1v) is 4.47. The Hall–Kier alpha value is -1.39. The highest BCUT2D eigenvalue weighted by atomic mass is 19.3. The number of hydrogen-bond donors (Lipinski definition) is 0. The zero-order valence-corrected chi connectivity index (χ0v) is 8.72. The van der Waals surface area contributed by atoms with Gasteiger partial charge < -0.3 is 0 Å². The normalized spacial score (nSPS) is 9.53. The molecule has 0 fully saturated rings. The number of alkyl halides is 2. The Morgan fingerprint density at radius 2 is 1.93 bits per heavy atom. The number of carbonyl (C=O) groups is 1. The summed E-state index contributed by atoms with van der Waals surface area (Å²) >= 11 is 0. The maximum absolute atomic E-state index is 13.0. The van der Waals surface area contributed by atoms with Crippen LogP contribution < -0.4 is 0 Å². The van der Waals surface area contributed by atoms with Crippen LogP contribution in [-0.4, -0.2) is 10.8 Å². The molecule has 0 saturated heterocycles. The van der Waals surface area contributed by atoms with Crippen LogP contribution in [0.1, 0.15) is 43.2 Å². The smallest absolute Gasteiger partial charge is 0.283 e. The van der Waals surface area contributed by atoms with Gasteiger partial charge in [0, 0.05) is 6.20 Å². The van der Waals surface area contributed by atoms with Gasteiger partial charge >= 0.3 is 0 Å². The quantitative estimate of drug-likeness (QED) is 0.713. The second-order valence-corrected chi connectivity index (χ2v) is 2.41. The van der Waals surface area contributed by atoms with Crippen LogP contribution >= 0.6 is 0 Å². The summed E-state index contributed by atoms with van der Waals surface area (Å²) in [6.45, 7) is 5.10. The molecule has 2 nitrogen and oxygen atoms in total. The summed E-state index contributed by atoms with van der Waals surface area (Å²) in [5.41, 5.74) is -1.34. The van der Waals surface area contributed by atoms with Crippen molar-refractivity contribution < 1.29 is 18.0 Å². The molecule has 1 rings (SSSR count). The summed E-state index contributed by atoms with van der Waals surface area (Å²) in [5, 5.41) is 0. The summed E-state index contributed by atoms with van der Waals surface area (Å²) in [4.78, 5) is 13.9. The van der Waals surface area contributed by atoms with Gasteiger partial charge in [0.25, 0.3) is 6.43 Å². The third-order valence-corrected chi connectivity index (χ3v) is 1.50. The molecule has 84 valence electrons. The fourth-order valence-corrected chi connectivity index (χ4v) is 0.884. The van der Waals surface area contributed by atoms with Crippen molar-refractivity contribution in [1.29, 1.82) is 0 Å². The van der Waals surface area contributed by atoms with Gasteiger partial charge in [-0.2, -0.15) is 0 Å². The van der Waals surface area contributed by atoms with E-state index < -0.39 is 23.7 Å². The molecule has 5 heteroatoms. The van der Waals surface area contributed by atoms with Crippen molar-refractivity contribution in [3.63, 3.8) is 0 Å². The van der Waals surface area contributed by atoms with E-state index >= 15 is 0 Å². The van der Waals surface area contributed by atoms with Gasteiger partial charge in [-0.05, 0) is 13.0 Å². The number of ketones is 1. The van der Waals surface area contributed by atoms with Gasteiger partial charge in [0.2, 0.25) is 0 Å². The molecule has 0 N–H and O–H groups in total. The molecular formula is C10H12F3NO. The van der Waals surface area contributed by atoms with E-state index in [9.17, 15) is 18.0 Å². The zero-order chi connectivity index (χ0) is 12.0. The Morgan fingerprint density at radius 1 is 1.40 bits per heavy atom. The molecule has 0 aliphatic rings. The van der Waals surface area contributed by atoms with Crippen LogP contribution in [0.3, 0.4) is 0 Å². The highest BCUT2D eigenvalue weighted by Gasteiger charge is 2.19. The molecule has 0 amide bonds. The van der Waals surface area contributed by atoms with E-state index in [0.717, 1.165) is 19.2 Å². The largest absolute Gasteiger partial charge is 0.294 e.